The topological polar surface area (TPSA) is 64.7 Å². The van der Waals surface area contributed by atoms with Crippen LogP contribution in [0.4, 0.5) is 5.69 Å². The smallest absolute Gasteiger partial charge is 0.257 e. The van der Waals surface area contributed by atoms with E-state index in [1.165, 1.54) is 0 Å². The number of nitrogens with one attached hydrogen (secondary N) is 1. The first-order valence-electron chi connectivity index (χ1n) is 9.50. The van der Waals surface area contributed by atoms with Crippen LogP contribution in [0.1, 0.15) is 32.9 Å². The lowest BCUT2D eigenvalue weighted by atomic mass is 10.1. The molecule has 6 nitrogen and oxygen atoms in total. The molecule has 0 atom stereocenters. The Labute approximate surface area is 169 Å². The fraction of sp³-hybridized carbons (Fsp3) is 0.174. The Hall–Kier alpha value is -3.67. The lowest BCUT2D eigenvalue weighted by Crippen LogP contribution is -2.15. The number of benzene rings is 2. The average molecular weight is 385 g/mol. The first-order valence-corrected chi connectivity index (χ1v) is 9.50. The highest BCUT2D eigenvalue weighted by Crippen LogP contribution is 2.20. The summed E-state index contributed by atoms with van der Waals surface area (Å²) in [5.74, 6) is -0.152. The van der Waals surface area contributed by atoms with Gasteiger partial charge < -0.3 is 9.88 Å². The summed E-state index contributed by atoms with van der Waals surface area (Å²) in [5, 5.41) is 7.55. The van der Waals surface area contributed by atoms with Crippen LogP contribution in [-0.4, -0.2) is 25.2 Å². The van der Waals surface area contributed by atoms with Gasteiger partial charge in [0, 0.05) is 23.8 Å². The molecule has 2 aromatic carbocycles. The standard InChI is InChI=1S/C23H23N5O/c1-16-7-8-22(27-10-9-24-15-27)21(11-16)23(29)25-20-6-4-5-19(13-20)14-28-18(3)12-17(2)26-28/h4-13,15H,14H2,1-3H3,(H,25,29). The van der Waals surface area contributed by atoms with Gasteiger partial charge in [0.05, 0.1) is 29.8 Å². The molecule has 6 heteroatoms. The molecular weight excluding hydrogens is 362 g/mol. The number of imidazole rings is 1. The Balaban J connectivity index is 1.58. The number of amides is 1. The Morgan fingerprint density at radius 3 is 2.66 bits per heavy atom. The molecule has 29 heavy (non-hydrogen) atoms. The zero-order chi connectivity index (χ0) is 20.4. The number of hydrogen-bond donors (Lipinski definition) is 1. The third-order valence-corrected chi connectivity index (χ3v) is 4.80. The van der Waals surface area contributed by atoms with Crippen molar-refractivity contribution in [2.24, 2.45) is 0 Å². The monoisotopic (exact) mass is 385 g/mol. The molecule has 0 unspecified atom stereocenters. The van der Waals surface area contributed by atoms with E-state index < -0.39 is 0 Å². The highest BCUT2D eigenvalue weighted by Gasteiger charge is 2.14. The summed E-state index contributed by atoms with van der Waals surface area (Å²) in [7, 11) is 0. The molecule has 0 fully saturated rings. The van der Waals surface area contributed by atoms with E-state index in [1.807, 2.05) is 78.7 Å². The zero-order valence-corrected chi connectivity index (χ0v) is 16.8. The second-order valence-electron chi connectivity index (χ2n) is 7.23. The highest BCUT2D eigenvalue weighted by atomic mass is 16.1. The van der Waals surface area contributed by atoms with Crippen molar-refractivity contribution in [3.63, 3.8) is 0 Å². The van der Waals surface area contributed by atoms with Gasteiger partial charge in [-0.15, -0.1) is 0 Å². The number of hydrogen-bond acceptors (Lipinski definition) is 3. The van der Waals surface area contributed by atoms with Crippen LogP contribution >= 0.6 is 0 Å². The molecule has 1 N–H and O–H groups in total. The van der Waals surface area contributed by atoms with Gasteiger partial charge in [0.2, 0.25) is 0 Å². The van der Waals surface area contributed by atoms with Crippen molar-refractivity contribution in [3.8, 4) is 5.69 Å². The van der Waals surface area contributed by atoms with Gasteiger partial charge in [-0.2, -0.15) is 5.10 Å². The first-order chi connectivity index (χ1) is 14.0. The third kappa shape index (κ3) is 4.11. The second kappa shape index (κ2) is 7.75. The molecule has 0 radical (unpaired) electrons. The molecule has 1 amide bonds. The summed E-state index contributed by atoms with van der Waals surface area (Å²) in [6, 6.07) is 15.7. The Bertz CT molecular complexity index is 1160. The molecule has 2 heterocycles. The molecule has 0 saturated heterocycles. The van der Waals surface area contributed by atoms with Crippen LogP contribution < -0.4 is 5.32 Å². The Morgan fingerprint density at radius 1 is 1.07 bits per heavy atom. The molecule has 146 valence electrons. The summed E-state index contributed by atoms with van der Waals surface area (Å²) in [4.78, 5) is 17.1. The van der Waals surface area contributed by atoms with Crippen molar-refractivity contribution in [3.05, 3.63) is 95.3 Å². The SMILES string of the molecule is Cc1ccc(-n2ccnc2)c(C(=O)Nc2cccc(Cn3nc(C)cc3C)c2)c1. The largest absolute Gasteiger partial charge is 0.322 e. The minimum atomic E-state index is -0.152. The van der Waals surface area contributed by atoms with Gasteiger partial charge in [-0.3, -0.25) is 9.48 Å². The van der Waals surface area contributed by atoms with Gasteiger partial charge in [-0.1, -0.05) is 23.8 Å². The molecule has 0 bridgehead atoms. The number of carbonyl (C=O) groups is 1. The van der Waals surface area contributed by atoms with E-state index in [0.717, 1.165) is 33.9 Å². The Morgan fingerprint density at radius 2 is 1.93 bits per heavy atom. The van der Waals surface area contributed by atoms with Crippen LogP contribution in [-0.2, 0) is 6.54 Å². The molecule has 0 aliphatic rings. The van der Waals surface area contributed by atoms with Crippen molar-refractivity contribution in [1.82, 2.24) is 19.3 Å². The van der Waals surface area contributed by atoms with E-state index in [-0.39, 0.29) is 5.91 Å². The molecule has 0 aliphatic carbocycles. The molecular formula is C23H23N5O. The van der Waals surface area contributed by atoms with Gasteiger partial charge in [0.25, 0.3) is 5.91 Å². The summed E-state index contributed by atoms with van der Waals surface area (Å²) < 4.78 is 3.81. The van der Waals surface area contributed by atoms with E-state index >= 15 is 0 Å². The van der Waals surface area contributed by atoms with Crippen molar-refractivity contribution < 1.29 is 4.79 Å². The molecule has 0 aliphatic heterocycles. The summed E-state index contributed by atoms with van der Waals surface area (Å²) in [6.07, 6.45) is 5.22. The number of anilines is 1. The maximum Gasteiger partial charge on any atom is 0.257 e. The van der Waals surface area contributed by atoms with Crippen molar-refractivity contribution in [2.75, 3.05) is 5.32 Å². The summed E-state index contributed by atoms with van der Waals surface area (Å²) in [6.45, 7) is 6.67. The minimum Gasteiger partial charge on any atom is -0.322 e. The van der Waals surface area contributed by atoms with E-state index in [0.29, 0.717) is 12.1 Å². The number of aryl methyl sites for hydroxylation is 3. The molecule has 4 aromatic rings. The molecule has 0 saturated carbocycles. The fourth-order valence-corrected chi connectivity index (χ4v) is 3.41. The Kier molecular flexibility index (Phi) is 4.99. The first kappa shape index (κ1) is 18.7. The number of carbonyl (C=O) groups excluding carboxylic acids is 1. The normalized spacial score (nSPS) is 10.9. The highest BCUT2D eigenvalue weighted by molar-refractivity contribution is 6.07. The van der Waals surface area contributed by atoms with Crippen LogP contribution in [0.25, 0.3) is 5.69 Å². The van der Waals surface area contributed by atoms with Crippen LogP contribution in [0.15, 0.2) is 67.3 Å². The van der Waals surface area contributed by atoms with Crippen LogP contribution in [0.2, 0.25) is 0 Å². The number of nitrogens with zero attached hydrogens (tertiary/aromatic N) is 4. The van der Waals surface area contributed by atoms with Crippen LogP contribution in [0.5, 0.6) is 0 Å². The zero-order valence-electron chi connectivity index (χ0n) is 16.8. The predicted octanol–water partition coefficient (Wildman–Crippen LogP) is 4.29. The van der Waals surface area contributed by atoms with Crippen LogP contribution in [0.3, 0.4) is 0 Å². The van der Waals surface area contributed by atoms with Crippen molar-refractivity contribution in [1.29, 1.82) is 0 Å². The quantitative estimate of drug-likeness (QED) is 0.557. The average Bonchev–Trinajstić information content (AvgIpc) is 3.32. The predicted molar refractivity (Wildman–Crippen MR) is 113 cm³/mol. The minimum absolute atomic E-state index is 0.152. The lowest BCUT2D eigenvalue weighted by molar-refractivity contribution is 0.102. The molecule has 0 spiro atoms. The molecule has 2 aromatic heterocycles. The summed E-state index contributed by atoms with van der Waals surface area (Å²) >= 11 is 0. The van der Waals surface area contributed by atoms with Gasteiger partial charge >= 0.3 is 0 Å². The van der Waals surface area contributed by atoms with Gasteiger partial charge in [0.15, 0.2) is 0 Å². The van der Waals surface area contributed by atoms with Crippen molar-refractivity contribution in [2.45, 2.75) is 27.3 Å². The lowest BCUT2D eigenvalue weighted by Gasteiger charge is -2.13. The third-order valence-electron chi connectivity index (χ3n) is 4.80. The summed E-state index contributed by atoms with van der Waals surface area (Å²) in [5.41, 5.74) is 6.37. The van der Waals surface area contributed by atoms with E-state index in [2.05, 4.69) is 21.5 Å². The van der Waals surface area contributed by atoms with Gasteiger partial charge in [0.1, 0.15) is 0 Å². The van der Waals surface area contributed by atoms with E-state index in [4.69, 9.17) is 0 Å². The van der Waals surface area contributed by atoms with E-state index in [1.54, 1.807) is 12.5 Å². The van der Waals surface area contributed by atoms with Gasteiger partial charge in [-0.05, 0) is 56.7 Å². The van der Waals surface area contributed by atoms with E-state index in [9.17, 15) is 4.79 Å². The molecule has 4 rings (SSSR count). The maximum atomic E-state index is 13.0. The second-order valence-corrected chi connectivity index (χ2v) is 7.23. The van der Waals surface area contributed by atoms with Crippen LogP contribution in [0, 0.1) is 20.8 Å². The van der Waals surface area contributed by atoms with Crippen molar-refractivity contribution >= 4 is 11.6 Å². The number of rotatable bonds is 5. The number of aromatic nitrogens is 4. The maximum absolute atomic E-state index is 13.0. The fourth-order valence-electron chi connectivity index (χ4n) is 3.41. The van der Waals surface area contributed by atoms with Gasteiger partial charge in [-0.25, -0.2) is 4.98 Å².